The third kappa shape index (κ3) is 6.45. The van der Waals surface area contributed by atoms with Gasteiger partial charge in [0, 0.05) is 36.3 Å². The summed E-state index contributed by atoms with van der Waals surface area (Å²) >= 11 is 0. The van der Waals surface area contributed by atoms with Crippen molar-refractivity contribution in [1.82, 2.24) is 9.80 Å². The quantitative estimate of drug-likeness (QED) is 0.275. The normalized spacial score (nSPS) is 48.8. The van der Waals surface area contributed by atoms with Crippen LogP contribution in [0.15, 0.2) is 0 Å². The lowest BCUT2D eigenvalue weighted by Crippen LogP contribution is -2.64. The highest BCUT2D eigenvalue weighted by Gasteiger charge is 2.58. The van der Waals surface area contributed by atoms with Crippen molar-refractivity contribution in [2.75, 3.05) is 0 Å². The molecule has 0 aromatic carbocycles. The Hall–Kier alpha value is -0.0800. The lowest BCUT2D eigenvalue weighted by Gasteiger charge is -2.65. The molecule has 0 N–H and O–H groups in total. The van der Waals surface area contributed by atoms with Gasteiger partial charge in [-0.05, 0) is 175 Å². The summed E-state index contributed by atoms with van der Waals surface area (Å²) < 4.78 is 0. The molecule has 10 saturated carbocycles. The number of fused-ring (bicyclic) bond motifs is 2. The van der Waals surface area contributed by atoms with Crippen LogP contribution in [-0.2, 0) is 0 Å². The van der Waals surface area contributed by atoms with Gasteiger partial charge in [0.15, 0.2) is 0 Å². The van der Waals surface area contributed by atoms with Crippen LogP contribution in [0.3, 0.4) is 0 Å². The SMILES string of the molecule is C1CCC(N(C2CCC3CCCCC3C2)C2CCC3CCC4C5C(CCC2C35)CCC4N(C2CCCCC2)C2CCC3CCCCC3C2)CC1. The van der Waals surface area contributed by atoms with E-state index in [1.54, 1.807) is 128 Å². The van der Waals surface area contributed by atoms with Crippen molar-refractivity contribution in [3.8, 4) is 0 Å². The fourth-order valence-electron chi connectivity index (χ4n) is 17.7. The van der Waals surface area contributed by atoms with Crippen LogP contribution < -0.4 is 0 Å². The van der Waals surface area contributed by atoms with E-state index in [0.29, 0.717) is 0 Å². The molecule has 2 nitrogen and oxygen atoms in total. The molecule has 0 aromatic heterocycles. The van der Waals surface area contributed by atoms with Gasteiger partial charge in [-0.1, -0.05) is 89.9 Å². The van der Waals surface area contributed by atoms with Gasteiger partial charge in [-0.15, -0.1) is 0 Å². The van der Waals surface area contributed by atoms with Crippen LogP contribution in [0, 0.1) is 59.2 Å². The fourth-order valence-corrected chi connectivity index (χ4v) is 17.7. The first-order chi connectivity index (χ1) is 24.8. The van der Waals surface area contributed by atoms with Gasteiger partial charge < -0.3 is 0 Å². The van der Waals surface area contributed by atoms with E-state index >= 15 is 0 Å². The molecule has 14 unspecified atom stereocenters. The summed E-state index contributed by atoms with van der Waals surface area (Å²) in [6.07, 6.45) is 50.0. The summed E-state index contributed by atoms with van der Waals surface area (Å²) in [5.41, 5.74) is 0. The number of nitrogens with zero attached hydrogens (tertiary/aromatic N) is 2. The Balaban J connectivity index is 0.931. The summed E-state index contributed by atoms with van der Waals surface area (Å²) in [6, 6.07) is 5.63. The Morgan fingerprint density at radius 2 is 0.600 bits per heavy atom. The number of rotatable bonds is 6. The second kappa shape index (κ2) is 15.2. The van der Waals surface area contributed by atoms with Gasteiger partial charge in [0.1, 0.15) is 0 Å². The van der Waals surface area contributed by atoms with Gasteiger partial charge in [0.2, 0.25) is 0 Å². The molecule has 0 aromatic rings. The topological polar surface area (TPSA) is 6.48 Å². The standard InChI is InChI=1S/C48H80N2/c1-3-15-39(16-4-1)49(41-25-19-33-11-7-9-13-37(33)31-41)45-29-23-35-22-28-44-46(30-24-36-21-27-43(45)47(35)48(36)44)50(40-17-5-2-6-18-40)42-26-20-34-12-8-10-14-38(34)32-42/h33-48H,1-32H2. The summed E-state index contributed by atoms with van der Waals surface area (Å²) in [6.45, 7) is 0. The molecule has 0 aliphatic heterocycles. The molecule has 282 valence electrons. The highest BCUT2D eigenvalue weighted by molar-refractivity contribution is 5.10. The van der Waals surface area contributed by atoms with Crippen LogP contribution in [0.25, 0.3) is 0 Å². The molecule has 0 saturated heterocycles. The molecule has 10 rings (SSSR count). The average molecular weight is 685 g/mol. The maximum absolute atomic E-state index is 3.44. The molecule has 0 bridgehead atoms. The van der Waals surface area contributed by atoms with Gasteiger partial charge in [0.05, 0.1) is 0 Å². The predicted molar refractivity (Wildman–Crippen MR) is 209 cm³/mol. The second-order valence-electron chi connectivity index (χ2n) is 21.5. The largest absolute Gasteiger partial charge is 0.294 e. The molecular formula is C48H80N2. The first-order valence-corrected chi connectivity index (χ1v) is 24.3. The predicted octanol–water partition coefficient (Wildman–Crippen LogP) is 12.6. The number of hydrogen-bond donors (Lipinski definition) is 0. The molecule has 10 aliphatic carbocycles. The zero-order valence-corrected chi connectivity index (χ0v) is 32.8. The van der Waals surface area contributed by atoms with Crippen molar-refractivity contribution in [3.05, 3.63) is 0 Å². The monoisotopic (exact) mass is 685 g/mol. The van der Waals surface area contributed by atoms with E-state index in [9.17, 15) is 0 Å². The highest BCUT2D eigenvalue weighted by Crippen LogP contribution is 2.62. The van der Waals surface area contributed by atoms with Crippen LogP contribution in [0.1, 0.15) is 205 Å². The first kappa shape index (κ1) is 34.4. The summed E-state index contributed by atoms with van der Waals surface area (Å²) in [4.78, 5) is 6.87. The van der Waals surface area contributed by atoms with Gasteiger partial charge in [-0.2, -0.15) is 0 Å². The minimum absolute atomic E-state index is 0.934. The molecule has 14 atom stereocenters. The zero-order chi connectivity index (χ0) is 33.0. The maximum atomic E-state index is 3.44. The van der Waals surface area contributed by atoms with Crippen LogP contribution >= 0.6 is 0 Å². The van der Waals surface area contributed by atoms with Crippen molar-refractivity contribution in [3.63, 3.8) is 0 Å². The van der Waals surface area contributed by atoms with Gasteiger partial charge in [-0.3, -0.25) is 9.80 Å². The molecule has 2 heteroatoms. The van der Waals surface area contributed by atoms with E-state index in [1.807, 2.05) is 0 Å². The van der Waals surface area contributed by atoms with Crippen molar-refractivity contribution in [2.24, 2.45) is 59.2 Å². The average Bonchev–Trinajstić information content (AvgIpc) is 3.19. The van der Waals surface area contributed by atoms with E-state index < -0.39 is 0 Å². The zero-order valence-electron chi connectivity index (χ0n) is 32.8. The maximum Gasteiger partial charge on any atom is 0.0132 e. The number of hydrogen-bond acceptors (Lipinski definition) is 2. The Kier molecular flexibility index (Phi) is 10.5. The van der Waals surface area contributed by atoms with Gasteiger partial charge >= 0.3 is 0 Å². The smallest absolute Gasteiger partial charge is 0.0132 e. The van der Waals surface area contributed by atoms with Crippen molar-refractivity contribution in [2.45, 2.75) is 242 Å². The highest BCUT2D eigenvalue weighted by atomic mass is 15.2. The molecule has 0 spiro atoms. The summed E-state index contributed by atoms with van der Waals surface area (Å²) in [7, 11) is 0. The van der Waals surface area contributed by atoms with Crippen LogP contribution in [0.4, 0.5) is 0 Å². The molecule has 0 amide bonds. The lowest BCUT2D eigenvalue weighted by molar-refractivity contribution is -0.152. The fraction of sp³-hybridized carbons (Fsp3) is 1.00. The van der Waals surface area contributed by atoms with Crippen LogP contribution in [-0.4, -0.2) is 46.1 Å². The molecule has 10 aliphatic rings. The van der Waals surface area contributed by atoms with E-state index in [4.69, 9.17) is 0 Å². The molecule has 0 heterocycles. The van der Waals surface area contributed by atoms with Crippen molar-refractivity contribution < 1.29 is 0 Å². The first-order valence-electron chi connectivity index (χ1n) is 24.3. The molecule has 0 radical (unpaired) electrons. The molecule has 50 heavy (non-hydrogen) atoms. The lowest BCUT2D eigenvalue weighted by atomic mass is 9.46. The Morgan fingerprint density at radius 3 is 1.04 bits per heavy atom. The third-order valence-electron chi connectivity index (χ3n) is 19.5. The van der Waals surface area contributed by atoms with Gasteiger partial charge in [0.25, 0.3) is 0 Å². The molecule has 10 fully saturated rings. The van der Waals surface area contributed by atoms with Crippen molar-refractivity contribution in [1.29, 1.82) is 0 Å². The van der Waals surface area contributed by atoms with E-state index in [-0.39, 0.29) is 0 Å². The van der Waals surface area contributed by atoms with Gasteiger partial charge in [-0.25, -0.2) is 0 Å². The van der Waals surface area contributed by atoms with E-state index in [1.165, 1.54) is 77.0 Å². The Morgan fingerprint density at radius 1 is 0.240 bits per heavy atom. The van der Waals surface area contributed by atoms with Crippen LogP contribution in [0.2, 0.25) is 0 Å². The summed E-state index contributed by atoms with van der Waals surface area (Å²) in [5.74, 6) is 10.8. The van der Waals surface area contributed by atoms with Crippen molar-refractivity contribution >= 4 is 0 Å². The summed E-state index contributed by atoms with van der Waals surface area (Å²) in [5, 5.41) is 0. The molecular weight excluding hydrogens is 605 g/mol. The van der Waals surface area contributed by atoms with Crippen LogP contribution in [0.5, 0.6) is 0 Å². The Bertz CT molecular complexity index is 1020. The third-order valence-corrected chi connectivity index (χ3v) is 19.5. The Labute approximate surface area is 309 Å². The minimum atomic E-state index is 0.934. The second-order valence-corrected chi connectivity index (χ2v) is 21.5. The minimum Gasteiger partial charge on any atom is -0.294 e. The van der Waals surface area contributed by atoms with E-state index in [0.717, 1.165) is 95.4 Å². The van der Waals surface area contributed by atoms with E-state index in [2.05, 4.69) is 9.80 Å².